The van der Waals surface area contributed by atoms with Crippen LogP contribution in [0, 0.1) is 0 Å². The second kappa shape index (κ2) is 12.6. The maximum absolute atomic E-state index is 12.1. The number of fused-ring (bicyclic) bond motifs is 1. The van der Waals surface area contributed by atoms with Gasteiger partial charge in [-0.15, -0.1) is 0 Å². The Kier molecular flexibility index (Phi) is 8.18. The predicted octanol–water partition coefficient (Wildman–Crippen LogP) is 11.1. The average molecular weight is 628 g/mol. The number of benzene rings is 5. The molecule has 0 amide bonds. The molecule has 7 rings (SSSR count). The molecule has 2 heterocycles. The molecule has 0 spiro atoms. The van der Waals surface area contributed by atoms with Crippen LogP contribution in [0.1, 0.15) is 62.8 Å². The molecule has 7 aromatic rings. The Morgan fingerprint density at radius 3 is 2.10 bits per heavy atom. The first kappa shape index (κ1) is 31.1. The minimum atomic E-state index is -0.137. The lowest BCUT2D eigenvalue weighted by atomic mass is 9.83. The number of nitrogens with zero attached hydrogens (tertiary/aromatic N) is 3. The molecule has 0 bridgehead atoms. The van der Waals surface area contributed by atoms with E-state index >= 15 is 0 Å². The number of imidazole rings is 1. The van der Waals surface area contributed by atoms with Crippen molar-refractivity contribution in [1.29, 1.82) is 0 Å². The van der Waals surface area contributed by atoms with Crippen LogP contribution in [0.25, 0.3) is 50.5 Å². The summed E-state index contributed by atoms with van der Waals surface area (Å²) in [6.07, 6.45) is 2.47. The summed E-state index contributed by atoms with van der Waals surface area (Å²) in [5, 5.41) is 12.1. The number of aromatic hydroxyl groups is 1. The van der Waals surface area contributed by atoms with E-state index in [4.69, 9.17) is 4.98 Å². The normalized spacial score (nSPS) is 11.8. The smallest absolute Gasteiger partial charge is 0.149 e. The van der Waals surface area contributed by atoms with Crippen molar-refractivity contribution in [2.45, 2.75) is 52.4 Å². The van der Waals surface area contributed by atoms with Crippen molar-refractivity contribution < 1.29 is 5.11 Å². The van der Waals surface area contributed by atoms with Crippen molar-refractivity contribution in [2.24, 2.45) is 0 Å². The van der Waals surface area contributed by atoms with Crippen LogP contribution in [-0.4, -0.2) is 19.6 Å². The van der Waals surface area contributed by atoms with E-state index in [1.54, 1.807) is 0 Å². The maximum atomic E-state index is 12.1. The molecule has 0 saturated carbocycles. The molecule has 0 saturated heterocycles. The molecule has 0 atom stereocenters. The number of pyridine rings is 1. The van der Waals surface area contributed by atoms with E-state index in [2.05, 4.69) is 123 Å². The Labute approximate surface area is 283 Å². The van der Waals surface area contributed by atoms with Gasteiger partial charge in [-0.1, -0.05) is 113 Å². The van der Waals surface area contributed by atoms with Crippen LogP contribution < -0.4 is 0 Å². The molecule has 2 aromatic heterocycles. The van der Waals surface area contributed by atoms with Gasteiger partial charge in [-0.05, 0) is 87.7 Å². The lowest BCUT2D eigenvalue weighted by Gasteiger charge is -2.23. The standard InChI is InChI=1S/C44H41N3O/c1-29(2)31-24-32(26-33(25-31)39-20-12-13-22-45-39)37-19-14-21-40-41(37)46-43(47(40)36-17-10-7-11-18-36)38-28-35(44(3,4)5)27-34(42(38)48)23-30-15-8-6-9-16-30/h6-22,24-29,48H,23H2,1-5H3. The fourth-order valence-corrected chi connectivity index (χ4v) is 6.42. The molecule has 48 heavy (non-hydrogen) atoms. The third kappa shape index (κ3) is 6.02. The minimum Gasteiger partial charge on any atom is -0.507 e. The zero-order valence-corrected chi connectivity index (χ0v) is 28.3. The van der Waals surface area contributed by atoms with Gasteiger partial charge in [0.05, 0.1) is 22.3 Å². The Morgan fingerprint density at radius 1 is 0.708 bits per heavy atom. The largest absolute Gasteiger partial charge is 0.507 e. The number of hydrogen-bond acceptors (Lipinski definition) is 3. The first-order chi connectivity index (χ1) is 23.2. The van der Waals surface area contributed by atoms with E-state index in [0.29, 0.717) is 18.2 Å². The molecule has 0 aliphatic carbocycles. The Morgan fingerprint density at radius 2 is 1.42 bits per heavy atom. The Hall–Kier alpha value is -5.48. The van der Waals surface area contributed by atoms with Gasteiger partial charge in [0.15, 0.2) is 0 Å². The summed E-state index contributed by atoms with van der Waals surface area (Å²) in [4.78, 5) is 10.1. The fraction of sp³-hybridized carbons (Fsp3) is 0.182. The summed E-state index contributed by atoms with van der Waals surface area (Å²) in [5.41, 5.74) is 12.0. The molecule has 0 fully saturated rings. The van der Waals surface area contributed by atoms with Crippen LogP contribution >= 0.6 is 0 Å². The Bertz CT molecular complexity index is 2210. The topological polar surface area (TPSA) is 50.9 Å². The van der Waals surface area contributed by atoms with E-state index < -0.39 is 0 Å². The highest BCUT2D eigenvalue weighted by Gasteiger charge is 2.25. The number of rotatable bonds is 7. The van der Waals surface area contributed by atoms with Gasteiger partial charge in [0.2, 0.25) is 0 Å². The van der Waals surface area contributed by atoms with Crippen LogP contribution in [0.3, 0.4) is 0 Å². The van der Waals surface area contributed by atoms with Gasteiger partial charge in [-0.2, -0.15) is 0 Å². The number of para-hydroxylation sites is 2. The summed E-state index contributed by atoms with van der Waals surface area (Å²) >= 11 is 0. The lowest BCUT2D eigenvalue weighted by Crippen LogP contribution is -2.12. The molecule has 4 nitrogen and oxygen atoms in total. The van der Waals surface area contributed by atoms with Crippen molar-refractivity contribution in [3.8, 4) is 45.2 Å². The molecule has 0 aliphatic rings. The molecular formula is C44H41N3O. The molecule has 238 valence electrons. The first-order valence-corrected chi connectivity index (χ1v) is 16.7. The van der Waals surface area contributed by atoms with E-state index in [0.717, 1.165) is 61.4 Å². The highest BCUT2D eigenvalue weighted by Crippen LogP contribution is 2.42. The second-order valence-corrected chi connectivity index (χ2v) is 13.9. The summed E-state index contributed by atoms with van der Waals surface area (Å²) in [6, 6.07) is 44.1. The third-order valence-electron chi connectivity index (χ3n) is 9.13. The monoisotopic (exact) mass is 627 g/mol. The minimum absolute atomic E-state index is 0.137. The van der Waals surface area contributed by atoms with Crippen molar-refractivity contribution in [3.63, 3.8) is 0 Å². The van der Waals surface area contributed by atoms with Gasteiger partial charge in [-0.3, -0.25) is 9.55 Å². The van der Waals surface area contributed by atoms with Gasteiger partial charge in [-0.25, -0.2) is 4.98 Å². The average Bonchev–Trinajstić information content (AvgIpc) is 3.49. The molecule has 0 radical (unpaired) electrons. The van der Waals surface area contributed by atoms with Crippen molar-refractivity contribution >= 4 is 11.0 Å². The van der Waals surface area contributed by atoms with Crippen LogP contribution in [0.5, 0.6) is 5.75 Å². The first-order valence-electron chi connectivity index (χ1n) is 16.7. The Balaban J connectivity index is 1.51. The molecular weight excluding hydrogens is 587 g/mol. The molecule has 0 unspecified atom stereocenters. The molecule has 1 N–H and O–H groups in total. The van der Waals surface area contributed by atoms with Gasteiger partial charge in [0, 0.05) is 29.4 Å². The van der Waals surface area contributed by atoms with Crippen molar-refractivity contribution in [1.82, 2.24) is 14.5 Å². The van der Waals surface area contributed by atoms with Gasteiger partial charge >= 0.3 is 0 Å². The van der Waals surface area contributed by atoms with Crippen LogP contribution in [0.15, 0.2) is 134 Å². The summed E-state index contributed by atoms with van der Waals surface area (Å²) in [6.45, 7) is 11.1. The molecule has 4 heteroatoms. The number of phenols is 1. The molecule has 5 aromatic carbocycles. The maximum Gasteiger partial charge on any atom is 0.149 e. The zero-order chi connectivity index (χ0) is 33.4. The lowest BCUT2D eigenvalue weighted by molar-refractivity contribution is 0.469. The van der Waals surface area contributed by atoms with Crippen LogP contribution in [0.2, 0.25) is 0 Å². The summed E-state index contributed by atoms with van der Waals surface area (Å²) in [5.74, 6) is 1.32. The van der Waals surface area contributed by atoms with E-state index in [1.807, 2.05) is 54.7 Å². The van der Waals surface area contributed by atoms with Gasteiger partial charge in [0.25, 0.3) is 0 Å². The van der Waals surface area contributed by atoms with E-state index in [-0.39, 0.29) is 11.2 Å². The number of aromatic nitrogens is 3. The van der Waals surface area contributed by atoms with Gasteiger partial charge < -0.3 is 5.11 Å². The highest BCUT2D eigenvalue weighted by atomic mass is 16.3. The highest BCUT2D eigenvalue weighted by molar-refractivity contribution is 5.96. The van der Waals surface area contributed by atoms with E-state index in [9.17, 15) is 5.11 Å². The quantitative estimate of drug-likeness (QED) is 0.191. The summed E-state index contributed by atoms with van der Waals surface area (Å²) in [7, 11) is 0. The zero-order valence-electron chi connectivity index (χ0n) is 28.3. The fourth-order valence-electron chi connectivity index (χ4n) is 6.42. The van der Waals surface area contributed by atoms with Gasteiger partial charge in [0.1, 0.15) is 11.6 Å². The van der Waals surface area contributed by atoms with Crippen molar-refractivity contribution in [2.75, 3.05) is 0 Å². The van der Waals surface area contributed by atoms with E-state index in [1.165, 1.54) is 5.56 Å². The summed E-state index contributed by atoms with van der Waals surface area (Å²) < 4.78 is 2.19. The van der Waals surface area contributed by atoms with Crippen molar-refractivity contribution in [3.05, 3.63) is 156 Å². The molecule has 0 aliphatic heterocycles. The third-order valence-corrected chi connectivity index (χ3v) is 9.13. The number of phenolic OH excluding ortho intramolecular Hbond substituents is 1. The predicted molar refractivity (Wildman–Crippen MR) is 199 cm³/mol. The SMILES string of the molecule is CC(C)c1cc(-c2ccccn2)cc(-c2cccc3c2nc(-c2cc(C(C)(C)C)cc(Cc4ccccc4)c2O)n3-c2ccccc2)c1. The second-order valence-electron chi connectivity index (χ2n) is 13.9. The van der Waals surface area contributed by atoms with Crippen LogP contribution in [0.4, 0.5) is 0 Å². The van der Waals surface area contributed by atoms with Crippen LogP contribution in [-0.2, 0) is 11.8 Å². The number of hydrogen-bond donors (Lipinski definition) is 1.